The third kappa shape index (κ3) is 21.0. The average Bonchev–Trinajstić information content (AvgIpc) is 3.25. The third-order valence-electron chi connectivity index (χ3n) is 8.68. The molecule has 0 saturated heterocycles. The minimum Gasteiger partial charge on any atom is -0.445 e. The first-order chi connectivity index (χ1) is 30.7. The lowest BCUT2D eigenvalue weighted by atomic mass is 10.1. The van der Waals surface area contributed by atoms with Crippen molar-refractivity contribution in [3.05, 3.63) is 108 Å². The highest BCUT2D eigenvalue weighted by molar-refractivity contribution is 8.13. The molecular formula is C43H56N8O12S2. The van der Waals surface area contributed by atoms with E-state index in [-0.39, 0.29) is 44.4 Å². The van der Waals surface area contributed by atoms with Gasteiger partial charge in [-0.05, 0) is 56.6 Å². The first kappa shape index (κ1) is 52.7. The first-order valence-corrected chi connectivity index (χ1v) is 23.2. The molecule has 1 unspecified atom stereocenters. The van der Waals surface area contributed by atoms with Crippen molar-refractivity contribution >= 4 is 69.1 Å². The van der Waals surface area contributed by atoms with Crippen LogP contribution in [0.1, 0.15) is 56.7 Å². The number of ether oxygens (including phenoxy) is 4. The predicted octanol–water partition coefficient (Wildman–Crippen LogP) is 4.89. The van der Waals surface area contributed by atoms with Crippen molar-refractivity contribution in [2.45, 2.75) is 77.5 Å². The predicted molar refractivity (Wildman–Crippen MR) is 244 cm³/mol. The van der Waals surface area contributed by atoms with E-state index in [2.05, 4.69) is 25.3 Å². The highest BCUT2D eigenvalue weighted by Crippen LogP contribution is 2.13. The Balaban J connectivity index is 1.87. The van der Waals surface area contributed by atoms with E-state index in [1.807, 2.05) is 0 Å². The molecule has 0 fully saturated rings. The Bertz CT molecular complexity index is 2230. The van der Waals surface area contributed by atoms with Gasteiger partial charge in [0.25, 0.3) is 15.9 Å². The molecule has 0 aliphatic carbocycles. The van der Waals surface area contributed by atoms with Crippen molar-refractivity contribution in [3.63, 3.8) is 0 Å². The number of guanidine groups is 1. The number of carbonyl (C=O) groups excluding carboxylic acids is 6. The Labute approximate surface area is 382 Å². The molecule has 0 aliphatic heterocycles. The number of hydrogen-bond acceptors (Lipinski definition) is 13. The van der Waals surface area contributed by atoms with E-state index in [0.717, 1.165) is 27.8 Å². The molecule has 3 aromatic rings. The molecule has 0 saturated carbocycles. The van der Waals surface area contributed by atoms with E-state index in [0.29, 0.717) is 16.7 Å². The van der Waals surface area contributed by atoms with Gasteiger partial charge in [0, 0.05) is 26.1 Å². The van der Waals surface area contributed by atoms with E-state index in [1.54, 1.807) is 112 Å². The number of likely N-dealkylation sites (N-methyl/N-ethyl adjacent to an activating group) is 1. The normalized spacial score (nSPS) is 12.7. The number of nitrogens with one attached hydrogen (secondary N) is 3. The van der Waals surface area contributed by atoms with Crippen LogP contribution in [0.3, 0.4) is 0 Å². The summed E-state index contributed by atoms with van der Waals surface area (Å²) in [5.41, 5.74) is 7.34. The lowest BCUT2D eigenvalue weighted by molar-refractivity contribution is -0.138. The molecule has 3 rings (SSSR count). The van der Waals surface area contributed by atoms with Gasteiger partial charge in [-0.2, -0.15) is 0 Å². The summed E-state index contributed by atoms with van der Waals surface area (Å²) < 4.78 is 48.7. The van der Waals surface area contributed by atoms with Gasteiger partial charge in [0.1, 0.15) is 31.5 Å². The smallest absolute Gasteiger partial charge is 0.437 e. The van der Waals surface area contributed by atoms with Crippen LogP contribution in [0.4, 0.5) is 19.2 Å². The second kappa shape index (κ2) is 26.2. The largest absolute Gasteiger partial charge is 0.445 e. The van der Waals surface area contributed by atoms with Crippen molar-refractivity contribution in [3.8, 4) is 0 Å². The zero-order chi connectivity index (χ0) is 48.0. The van der Waals surface area contributed by atoms with Crippen LogP contribution in [0.25, 0.3) is 0 Å². The van der Waals surface area contributed by atoms with Crippen LogP contribution in [0.2, 0.25) is 0 Å². The molecule has 0 aliphatic rings. The molecule has 0 heterocycles. The molecule has 0 spiro atoms. The van der Waals surface area contributed by atoms with Crippen LogP contribution in [0.5, 0.6) is 0 Å². The van der Waals surface area contributed by atoms with E-state index < -0.39 is 82.8 Å². The summed E-state index contributed by atoms with van der Waals surface area (Å²) in [5.74, 6) is -2.15. The quantitative estimate of drug-likeness (QED) is 0.0752. The van der Waals surface area contributed by atoms with Gasteiger partial charge in [-0.15, -0.1) is 9.39 Å². The molecule has 352 valence electrons. The van der Waals surface area contributed by atoms with Crippen molar-refractivity contribution in [2.24, 2.45) is 15.1 Å². The molecule has 6 amide bonds. The van der Waals surface area contributed by atoms with Crippen molar-refractivity contribution in [2.75, 3.05) is 32.6 Å². The van der Waals surface area contributed by atoms with Gasteiger partial charge < -0.3 is 45.5 Å². The molecule has 65 heavy (non-hydrogen) atoms. The number of carbonyl (C=O) groups is 6. The number of aliphatic imine (C=N–C) groups is 1. The van der Waals surface area contributed by atoms with Crippen molar-refractivity contribution in [1.29, 1.82) is 0 Å². The molecule has 2 atom stereocenters. The highest BCUT2D eigenvalue weighted by Gasteiger charge is 2.31. The Morgan fingerprint density at radius 3 is 1.83 bits per heavy atom. The number of alkyl carbamates (subject to hydrolysis) is 2. The summed E-state index contributed by atoms with van der Waals surface area (Å²) in [7, 11) is -2.66. The summed E-state index contributed by atoms with van der Waals surface area (Å²) >= 11 is 0.819. The Morgan fingerprint density at radius 1 is 0.800 bits per heavy atom. The number of amides is 6. The molecule has 22 heteroatoms. The van der Waals surface area contributed by atoms with Gasteiger partial charge in [0.05, 0.1) is 12.8 Å². The molecular weight excluding hydrogens is 885 g/mol. The van der Waals surface area contributed by atoms with Crippen LogP contribution < -0.4 is 21.7 Å². The molecule has 5 N–H and O–H groups in total. The van der Waals surface area contributed by atoms with Crippen LogP contribution >= 0.6 is 11.8 Å². The van der Waals surface area contributed by atoms with Gasteiger partial charge in [-0.3, -0.25) is 9.59 Å². The number of amidine groups is 1. The maximum Gasteiger partial charge on any atom is 0.437 e. The van der Waals surface area contributed by atoms with Gasteiger partial charge in [-0.25, -0.2) is 32.5 Å². The average molecular weight is 941 g/mol. The fourth-order valence-electron chi connectivity index (χ4n) is 5.53. The van der Waals surface area contributed by atoms with E-state index in [1.165, 1.54) is 13.3 Å². The zero-order valence-corrected chi connectivity index (χ0v) is 38.7. The van der Waals surface area contributed by atoms with Gasteiger partial charge in [0.2, 0.25) is 11.9 Å². The van der Waals surface area contributed by atoms with Crippen molar-refractivity contribution < 1.29 is 56.1 Å². The summed E-state index contributed by atoms with van der Waals surface area (Å²) in [6, 6.07) is 24.0. The fraction of sp³-hybridized carbons (Fsp3) is 0.395. The Kier molecular flexibility index (Phi) is 21.2. The SMILES string of the molecule is CS/C(=N/S(C)(=O)=O)NC(=O)C(CNC(=O)OC(C)(C)C)N(C)C(=O)C[C@H](CCCN(C(=O)OCc1ccccc1)/C(N)=N/C(=O)OCc1ccccc1)NC(=O)OCc1ccccc1. The molecule has 20 nitrogen and oxygen atoms in total. The van der Waals surface area contributed by atoms with Crippen molar-refractivity contribution in [1.82, 2.24) is 25.8 Å². The fourth-order valence-corrected chi connectivity index (χ4v) is 6.79. The molecule has 0 radical (unpaired) electrons. The second-order valence-corrected chi connectivity index (χ2v) is 17.6. The van der Waals surface area contributed by atoms with Crippen LogP contribution in [0.15, 0.2) is 100 Å². The topological polar surface area (TPSA) is 267 Å². The summed E-state index contributed by atoms with van der Waals surface area (Å²) in [6.07, 6.45) is -1.95. The monoisotopic (exact) mass is 940 g/mol. The zero-order valence-electron chi connectivity index (χ0n) is 37.1. The van der Waals surface area contributed by atoms with E-state index in [9.17, 15) is 37.2 Å². The lowest BCUT2D eigenvalue weighted by Crippen LogP contribution is -2.55. The van der Waals surface area contributed by atoms with Crippen LogP contribution in [0, 0.1) is 0 Å². The number of nitrogens with two attached hydrogens (primary N) is 1. The van der Waals surface area contributed by atoms with E-state index in [4.69, 9.17) is 24.7 Å². The number of hydrogen-bond donors (Lipinski definition) is 4. The second-order valence-electron chi connectivity index (χ2n) is 15.2. The molecule has 0 aromatic heterocycles. The minimum atomic E-state index is -3.94. The molecule has 3 aromatic carbocycles. The van der Waals surface area contributed by atoms with Gasteiger partial charge in [-0.1, -0.05) is 103 Å². The Hall–Kier alpha value is -6.68. The number of benzene rings is 3. The molecule has 0 bridgehead atoms. The minimum absolute atomic E-state index is 0.0150. The van der Waals surface area contributed by atoms with E-state index >= 15 is 0 Å². The Morgan fingerprint density at radius 2 is 1.32 bits per heavy atom. The lowest BCUT2D eigenvalue weighted by Gasteiger charge is -2.30. The summed E-state index contributed by atoms with van der Waals surface area (Å²) in [5, 5.41) is 7.21. The number of nitrogens with zero attached hydrogens (tertiary/aromatic N) is 4. The van der Waals surface area contributed by atoms with Crippen LogP contribution in [-0.2, 0) is 58.4 Å². The summed E-state index contributed by atoms with van der Waals surface area (Å²) in [6.45, 7) is 3.83. The highest BCUT2D eigenvalue weighted by atomic mass is 32.2. The number of thioether (sulfide) groups is 1. The number of rotatable bonds is 18. The van der Waals surface area contributed by atoms with Gasteiger partial charge >= 0.3 is 24.4 Å². The maximum absolute atomic E-state index is 14.0. The standard InChI is InChI=1S/C43H56N8O12S2/c1-43(2,3)63-39(54)45-26-34(36(53)47-38(64-5)49-65(6,58)59)50(4)35(52)25-33(46-40(55)60-27-30-17-10-7-11-18-30)23-16-24-51(42(57)62-29-32-21-14-9-15-22-32)37(44)48-41(56)61-28-31-19-12-8-13-20-31/h7-15,17-22,33-34H,16,23-29H2,1-6H3,(H,45,54)(H,46,55)(H2,44,48,56)(H,47,49,53)/t33-,34?/m0/s1. The van der Waals surface area contributed by atoms with Crippen LogP contribution in [-0.4, -0.2) is 116 Å². The maximum atomic E-state index is 14.0. The number of sulfonamides is 1. The summed E-state index contributed by atoms with van der Waals surface area (Å²) in [4.78, 5) is 85.4. The first-order valence-electron chi connectivity index (χ1n) is 20.1. The third-order valence-corrected chi connectivity index (χ3v) is 9.89. The van der Waals surface area contributed by atoms with Gasteiger partial charge in [0.15, 0.2) is 5.17 Å².